The summed E-state index contributed by atoms with van der Waals surface area (Å²) in [4.78, 5) is 12.4. The predicted octanol–water partition coefficient (Wildman–Crippen LogP) is 3.54. The molecule has 23 heavy (non-hydrogen) atoms. The summed E-state index contributed by atoms with van der Waals surface area (Å²) in [6.45, 7) is 3.38. The van der Waals surface area contributed by atoms with E-state index >= 15 is 0 Å². The first-order valence-electron chi connectivity index (χ1n) is 6.71. The molecule has 1 heterocycles. The number of hydrogen-bond donors (Lipinski definition) is 1. The zero-order chi connectivity index (χ0) is 17.2. The molecule has 8 heteroatoms. The van der Waals surface area contributed by atoms with Crippen LogP contribution in [0.15, 0.2) is 35.2 Å². The standard InChI is InChI=1S/C15H16ClNO4S2/c1-9-8-11(15(18)21-3)4-6-13(9)23(19,20)17-10(2)12-5-7-14(16)22-12/h4-8,10,17H,1-3H3. The molecule has 1 unspecified atom stereocenters. The van der Waals surface area contributed by atoms with Crippen LogP contribution in [0.25, 0.3) is 0 Å². The highest BCUT2D eigenvalue weighted by Crippen LogP contribution is 2.28. The second-order valence-electron chi connectivity index (χ2n) is 4.96. The van der Waals surface area contributed by atoms with E-state index in [9.17, 15) is 13.2 Å². The first kappa shape index (κ1) is 17.9. The van der Waals surface area contributed by atoms with Crippen LogP contribution >= 0.6 is 22.9 Å². The van der Waals surface area contributed by atoms with E-state index in [4.69, 9.17) is 11.6 Å². The van der Waals surface area contributed by atoms with E-state index in [1.165, 1.54) is 36.6 Å². The van der Waals surface area contributed by atoms with Crippen molar-refractivity contribution in [3.8, 4) is 0 Å². The molecule has 0 fully saturated rings. The van der Waals surface area contributed by atoms with Crippen LogP contribution in [0.2, 0.25) is 4.34 Å². The van der Waals surface area contributed by atoms with Gasteiger partial charge in [0.15, 0.2) is 0 Å². The molecule has 2 rings (SSSR count). The zero-order valence-corrected chi connectivity index (χ0v) is 15.2. The van der Waals surface area contributed by atoms with Gasteiger partial charge < -0.3 is 4.74 Å². The summed E-state index contributed by atoms with van der Waals surface area (Å²) in [6, 6.07) is 7.43. The number of carbonyl (C=O) groups excluding carboxylic acids is 1. The van der Waals surface area contributed by atoms with Gasteiger partial charge in [-0.2, -0.15) is 0 Å². The number of benzene rings is 1. The Morgan fingerprint density at radius 1 is 1.30 bits per heavy atom. The Hall–Kier alpha value is -1.41. The molecule has 0 bridgehead atoms. The van der Waals surface area contributed by atoms with Crippen molar-refractivity contribution in [2.45, 2.75) is 24.8 Å². The maximum Gasteiger partial charge on any atom is 0.337 e. The molecule has 0 amide bonds. The smallest absolute Gasteiger partial charge is 0.337 e. The molecule has 0 saturated heterocycles. The van der Waals surface area contributed by atoms with Crippen molar-refractivity contribution >= 4 is 38.9 Å². The summed E-state index contributed by atoms with van der Waals surface area (Å²) >= 11 is 7.20. The number of sulfonamides is 1. The second-order valence-corrected chi connectivity index (χ2v) is 8.39. The predicted molar refractivity (Wildman–Crippen MR) is 90.6 cm³/mol. The summed E-state index contributed by atoms with van der Waals surface area (Å²) in [6.07, 6.45) is 0. The number of nitrogens with one attached hydrogen (secondary N) is 1. The molecule has 0 aliphatic carbocycles. The lowest BCUT2D eigenvalue weighted by Gasteiger charge is -2.14. The van der Waals surface area contributed by atoms with Crippen molar-refractivity contribution in [1.29, 1.82) is 0 Å². The fraction of sp³-hybridized carbons (Fsp3) is 0.267. The van der Waals surface area contributed by atoms with Gasteiger partial charge in [-0.05, 0) is 49.7 Å². The second kappa shape index (κ2) is 7.00. The first-order chi connectivity index (χ1) is 10.7. The Kier molecular flexibility index (Phi) is 5.46. The van der Waals surface area contributed by atoms with Crippen molar-refractivity contribution in [2.75, 3.05) is 7.11 Å². The van der Waals surface area contributed by atoms with Crippen LogP contribution in [-0.4, -0.2) is 21.5 Å². The summed E-state index contributed by atoms with van der Waals surface area (Å²) in [5.74, 6) is -0.508. The molecule has 5 nitrogen and oxygen atoms in total. The third-order valence-corrected chi connectivity index (χ3v) is 6.35. The number of thiophene rings is 1. The van der Waals surface area contributed by atoms with E-state index in [-0.39, 0.29) is 4.90 Å². The van der Waals surface area contributed by atoms with Crippen LogP contribution < -0.4 is 4.72 Å². The maximum atomic E-state index is 12.5. The van der Waals surface area contributed by atoms with E-state index in [2.05, 4.69) is 9.46 Å². The third-order valence-electron chi connectivity index (χ3n) is 3.24. The summed E-state index contributed by atoms with van der Waals surface area (Å²) in [5.41, 5.74) is 0.777. The largest absolute Gasteiger partial charge is 0.465 e. The highest BCUT2D eigenvalue weighted by atomic mass is 35.5. The average Bonchev–Trinajstić information content (AvgIpc) is 2.92. The number of ether oxygens (including phenoxy) is 1. The van der Waals surface area contributed by atoms with Crippen molar-refractivity contribution in [3.05, 3.63) is 50.7 Å². The van der Waals surface area contributed by atoms with Crippen molar-refractivity contribution in [3.63, 3.8) is 0 Å². The molecular formula is C15H16ClNO4S2. The summed E-state index contributed by atoms with van der Waals surface area (Å²) in [7, 11) is -2.44. The fourth-order valence-electron chi connectivity index (χ4n) is 2.11. The Balaban J connectivity index is 2.27. The van der Waals surface area contributed by atoms with E-state index in [0.717, 1.165) is 4.88 Å². The van der Waals surface area contributed by atoms with Gasteiger partial charge in [0.25, 0.3) is 0 Å². The molecule has 2 aromatic rings. The van der Waals surface area contributed by atoms with Gasteiger partial charge in [-0.25, -0.2) is 17.9 Å². The van der Waals surface area contributed by atoms with Gasteiger partial charge in [0.1, 0.15) is 0 Å². The van der Waals surface area contributed by atoms with Crippen LogP contribution in [0.4, 0.5) is 0 Å². The fourth-order valence-corrected chi connectivity index (χ4v) is 4.70. The number of methoxy groups -OCH3 is 1. The normalized spacial score (nSPS) is 12.9. The Labute approximate surface area is 144 Å². The van der Waals surface area contributed by atoms with Crippen LogP contribution in [-0.2, 0) is 14.8 Å². The van der Waals surface area contributed by atoms with E-state index in [1.54, 1.807) is 26.0 Å². The number of aryl methyl sites for hydroxylation is 1. The minimum absolute atomic E-state index is 0.125. The van der Waals surface area contributed by atoms with Gasteiger partial charge in [-0.1, -0.05) is 11.6 Å². The quantitative estimate of drug-likeness (QED) is 0.813. The molecule has 1 atom stereocenters. The van der Waals surface area contributed by atoms with Crippen molar-refractivity contribution < 1.29 is 17.9 Å². The van der Waals surface area contributed by atoms with Gasteiger partial charge in [0.2, 0.25) is 10.0 Å². The van der Waals surface area contributed by atoms with Gasteiger partial charge in [-0.3, -0.25) is 0 Å². The van der Waals surface area contributed by atoms with Crippen LogP contribution in [0, 0.1) is 6.92 Å². The average molecular weight is 374 g/mol. The topological polar surface area (TPSA) is 72.5 Å². The van der Waals surface area contributed by atoms with Crippen LogP contribution in [0.3, 0.4) is 0 Å². The van der Waals surface area contributed by atoms with Crippen LogP contribution in [0.5, 0.6) is 0 Å². The lowest BCUT2D eigenvalue weighted by Crippen LogP contribution is -2.27. The minimum Gasteiger partial charge on any atom is -0.465 e. The van der Waals surface area contributed by atoms with E-state index in [0.29, 0.717) is 15.5 Å². The number of hydrogen-bond acceptors (Lipinski definition) is 5. The molecule has 124 valence electrons. The maximum absolute atomic E-state index is 12.5. The molecule has 0 aliphatic rings. The lowest BCUT2D eigenvalue weighted by molar-refractivity contribution is 0.0600. The van der Waals surface area contributed by atoms with E-state index in [1.807, 2.05) is 0 Å². The van der Waals surface area contributed by atoms with E-state index < -0.39 is 22.0 Å². The van der Waals surface area contributed by atoms with Gasteiger partial charge in [0, 0.05) is 4.88 Å². The molecular weight excluding hydrogens is 358 g/mol. The van der Waals surface area contributed by atoms with Crippen molar-refractivity contribution in [2.24, 2.45) is 0 Å². The minimum atomic E-state index is -3.72. The number of halogens is 1. The first-order valence-corrected chi connectivity index (χ1v) is 9.39. The molecule has 1 aromatic carbocycles. The SMILES string of the molecule is COC(=O)c1ccc(S(=O)(=O)NC(C)c2ccc(Cl)s2)c(C)c1. The summed E-state index contributed by atoms with van der Waals surface area (Å²) < 4.78 is 32.9. The van der Waals surface area contributed by atoms with Crippen LogP contribution in [0.1, 0.15) is 33.8 Å². The van der Waals surface area contributed by atoms with Crippen molar-refractivity contribution in [1.82, 2.24) is 4.72 Å². The molecule has 0 spiro atoms. The molecule has 0 radical (unpaired) electrons. The Morgan fingerprint density at radius 3 is 2.52 bits per heavy atom. The van der Waals surface area contributed by atoms with Gasteiger partial charge in [0.05, 0.1) is 27.9 Å². The van der Waals surface area contributed by atoms with Gasteiger partial charge >= 0.3 is 5.97 Å². The summed E-state index contributed by atoms with van der Waals surface area (Å²) in [5, 5.41) is 0. The number of rotatable bonds is 5. The highest BCUT2D eigenvalue weighted by molar-refractivity contribution is 7.89. The van der Waals surface area contributed by atoms with Gasteiger partial charge in [-0.15, -0.1) is 11.3 Å². The zero-order valence-electron chi connectivity index (χ0n) is 12.8. The molecule has 1 N–H and O–H groups in total. The molecule has 1 aromatic heterocycles. The highest BCUT2D eigenvalue weighted by Gasteiger charge is 2.22. The number of esters is 1. The monoisotopic (exact) mass is 373 g/mol. The molecule has 0 saturated carbocycles. The third kappa shape index (κ3) is 4.11. The number of carbonyl (C=O) groups is 1. The Morgan fingerprint density at radius 2 is 2.00 bits per heavy atom. The lowest BCUT2D eigenvalue weighted by atomic mass is 10.1. The molecule has 0 aliphatic heterocycles. The Bertz CT molecular complexity index is 830.